The Kier molecular flexibility index (Phi) is 6.46. The van der Waals surface area contributed by atoms with Crippen LogP contribution in [0.2, 0.25) is 0 Å². The van der Waals surface area contributed by atoms with Crippen molar-refractivity contribution in [3.63, 3.8) is 0 Å². The maximum absolute atomic E-state index is 13.8. The molecule has 0 aliphatic heterocycles. The molecule has 4 aromatic carbocycles. The van der Waals surface area contributed by atoms with Gasteiger partial charge in [0.15, 0.2) is 0 Å². The second-order valence-electron chi connectivity index (χ2n) is 8.83. The Morgan fingerprint density at radius 2 is 1.39 bits per heavy atom. The average molecular weight is 476 g/mol. The second kappa shape index (κ2) is 10.0. The molecule has 178 valence electrons. The summed E-state index contributed by atoms with van der Waals surface area (Å²) in [4.78, 5) is 13.8. The van der Waals surface area contributed by atoms with Crippen LogP contribution in [0.25, 0.3) is 16.9 Å². The van der Waals surface area contributed by atoms with E-state index in [0.717, 1.165) is 22.3 Å². The molecular weight excluding hydrogens is 449 g/mol. The number of halogens is 1. The Bertz CT molecular complexity index is 1450. The van der Waals surface area contributed by atoms with E-state index in [4.69, 9.17) is 5.10 Å². The molecule has 0 fully saturated rings. The van der Waals surface area contributed by atoms with Crippen molar-refractivity contribution in [1.82, 2.24) is 15.1 Å². The molecule has 4 nitrogen and oxygen atoms in total. The van der Waals surface area contributed by atoms with Crippen molar-refractivity contribution in [3.05, 3.63) is 143 Å². The third-order valence-corrected chi connectivity index (χ3v) is 6.36. The first-order valence-corrected chi connectivity index (χ1v) is 11.8. The number of hydrogen-bond donors (Lipinski definition) is 1. The van der Waals surface area contributed by atoms with Gasteiger partial charge in [-0.2, -0.15) is 5.10 Å². The third kappa shape index (κ3) is 4.82. The standard InChI is InChI=1S/C31H26FN3O/c1-21-13-14-25(19-22(21)2)28-20-29(35(34-28)27-17-15-26(32)16-18-27)31(36)33-30(23-9-5-3-6-10-23)24-11-7-4-8-12-24/h3-20,30H,1-2H3,(H,33,36). The van der Waals surface area contributed by atoms with Crippen molar-refractivity contribution in [2.75, 3.05) is 0 Å². The van der Waals surface area contributed by atoms with Gasteiger partial charge in [0.1, 0.15) is 11.5 Å². The zero-order valence-corrected chi connectivity index (χ0v) is 20.2. The van der Waals surface area contributed by atoms with E-state index in [1.807, 2.05) is 79.7 Å². The van der Waals surface area contributed by atoms with Crippen molar-refractivity contribution < 1.29 is 9.18 Å². The highest BCUT2D eigenvalue weighted by Gasteiger charge is 2.22. The van der Waals surface area contributed by atoms with Crippen molar-refractivity contribution >= 4 is 5.91 Å². The van der Waals surface area contributed by atoms with Gasteiger partial charge < -0.3 is 5.32 Å². The molecule has 0 unspecified atom stereocenters. The molecule has 1 aromatic heterocycles. The number of carbonyl (C=O) groups excluding carboxylic acids is 1. The lowest BCUT2D eigenvalue weighted by molar-refractivity contribution is 0.0935. The normalized spacial score (nSPS) is 11.0. The van der Waals surface area contributed by atoms with E-state index in [0.29, 0.717) is 17.1 Å². The monoisotopic (exact) mass is 475 g/mol. The highest BCUT2D eigenvalue weighted by molar-refractivity contribution is 5.95. The Balaban J connectivity index is 1.58. The Labute approximate surface area is 210 Å². The van der Waals surface area contributed by atoms with Crippen molar-refractivity contribution in [2.45, 2.75) is 19.9 Å². The molecule has 5 heteroatoms. The molecule has 0 aliphatic rings. The van der Waals surface area contributed by atoms with Crippen LogP contribution in [0.1, 0.15) is 38.8 Å². The van der Waals surface area contributed by atoms with E-state index in [1.165, 1.54) is 17.7 Å². The summed E-state index contributed by atoms with van der Waals surface area (Å²) in [5.41, 5.74) is 6.82. The molecular formula is C31H26FN3O. The van der Waals surface area contributed by atoms with E-state index in [2.05, 4.69) is 18.3 Å². The highest BCUT2D eigenvalue weighted by Crippen LogP contribution is 2.26. The zero-order chi connectivity index (χ0) is 25.1. The highest BCUT2D eigenvalue weighted by atomic mass is 19.1. The van der Waals surface area contributed by atoms with E-state index in [1.54, 1.807) is 22.9 Å². The van der Waals surface area contributed by atoms with E-state index in [-0.39, 0.29) is 17.8 Å². The fourth-order valence-corrected chi connectivity index (χ4v) is 4.22. The van der Waals surface area contributed by atoms with Crippen LogP contribution < -0.4 is 5.32 Å². The Hall–Kier alpha value is -4.51. The first-order chi connectivity index (χ1) is 17.5. The fraction of sp³-hybridized carbons (Fsp3) is 0.0968. The summed E-state index contributed by atoms with van der Waals surface area (Å²) in [6, 6.07) is 33.2. The number of carbonyl (C=O) groups is 1. The predicted molar refractivity (Wildman–Crippen MR) is 141 cm³/mol. The third-order valence-electron chi connectivity index (χ3n) is 6.36. The molecule has 0 aliphatic carbocycles. The minimum absolute atomic E-state index is 0.278. The molecule has 1 heterocycles. The number of amides is 1. The SMILES string of the molecule is Cc1ccc(-c2cc(C(=O)NC(c3ccccc3)c3ccccc3)n(-c3ccc(F)cc3)n2)cc1C. The van der Waals surface area contributed by atoms with Gasteiger partial charge in [-0.05, 0) is 72.5 Å². The predicted octanol–water partition coefficient (Wildman–Crippen LogP) is 6.81. The fourth-order valence-electron chi connectivity index (χ4n) is 4.22. The topological polar surface area (TPSA) is 46.9 Å². The van der Waals surface area contributed by atoms with Crippen LogP contribution >= 0.6 is 0 Å². The number of nitrogens with zero attached hydrogens (tertiary/aromatic N) is 2. The lowest BCUT2D eigenvalue weighted by atomic mass is 9.98. The van der Waals surface area contributed by atoms with Crippen LogP contribution in [-0.4, -0.2) is 15.7 Å². The number of nitrogens with one attached hydrogen (secondary N) is 1. The quantitative estimate of drug-likeness (QED) is 0.293. The van der Waals surface area contributed by atoms with E-state index in [9.17, 15) is 9.18 Å². The average Bonchev–Trinajstić information content (AvgIpc) is 3.36. The van der Waals surface area contributed by atoms with Crippen molar-refractivity contribution in [2.24, 2.45) is 0 Å². The van der Waals surface area contributed by atoms with Crippen molar-refractivity contribution in [1.29, 1.82) is 0 Å². The molecule has 5 aromatic rings. The first-order valence-electron chi connectivity index (χ1n) is 11.8. The van der Waals surface area contributed by atoms with Crippen LogP contribution in [0.15, 0.2) is 109 Å². The Morgan fingerprint density at radius 1 is 0.778 bits per heavy atom. The van der Waals surface area contributed by atoms with Gasteiger partial charge in [-0.15, -0.1) is 0 Å². The van der Waals surface area contributed by atoms with Gasteiger partial charge in [0.2, 0.25) is 0 Å². The van der Waals surface area contributed by atoms with Crippen LogP contribution in [0, 0.1) is 19.7 Å². The van der Waals surface area contributed by atoms with Gasteiger partial charge in [-0.1, -0.05) is 72.8 Å². The summed E-state index contributed by atoms with van der Waals surface area (Å²) >= 11 is 0. The Morgan fingerprint density at radius 3 is 1.97 bits per heavy atom. The smallest absolute Gasteiger partial charge is 0.270 e. The number of aryl methyl sites for hydroxylation is 2. The molecule has 1 N–H and O–H groups in total. The van der Waals surface area contributed by atoms with Gasteiger partial charge in [0, 0.05) is 5.56 Å². The van der Waals surface area contributed by atoms with Crippen LogP contribution in [0.4, 0.5) is 4.39 Å². The van der Waals surface area contributed by atoms with Gasteiger partial charge in [-0.3, -0.25) is 4.79 Å². The van der Waals surface area contributed by atoms with Gasteiger partial charge >= 0.3 is 0 Å². The lowest BCUT2D eigenvalue weighted by Gasteiger charge is -2.20. The van der Waals surface area contributed by atoms with Crippen LogP contribution in [-0.2, 0) is 0 Å². The maximum atomic E-state index is 13.8. The number of aromatic nitrogens is 2. The first kappa shape index (κ1) is 23.2. The van der Waals surface area contributed by atoms with Gasteiger partial charge in [0.05, 0.1) is 17.4 Å². The molecule has 0 saturated heterocycles. The molecule has 36 heavy (non-hydrogen) atoms. The molecule has 0 radical (unpaired) electrons. The number of rotatable bonds is 6. The van der Waals surface area contributed by atoms with E-state index >= 15 is 0 Å². The van der Waals surface area contributed by atoms with Crippen LogP contribution in [0.3, 0.4) is 0 Å². The molecule has 0 spiro atoms. The molecule has 0 saturated carbocycles. The number of benzene rings is 4. The largest absolute Gasteiger partial charge is 0.340 e. The van der Waals surface area contributed by atoms with Crippen LogP contribution in [0.5, 0.6) is 0 Å². The summed E-state index contributed by atoms with van der Waals surface area (Å²) in [7, 11) is 0. The molecule has 1 amide bonds. The number of hydrogen-bond acceptors (Lipinski definition) is 2. The zero-order valence-electron chi connectivity index (χ0n) is 20.2. The van der Waals surface area contributed by atoms with Gasteiger partial charge in [-0.25, -0.2) is 9.07 Å². The lowest BCUT2D eigenvalue weighted by Crippen LogP contribution is -2.31. The summed E-state index contributed by atoms with van der Waals surface area (Å²) in [5, 5.41) is 7.96. The molecule has 5 rings (SSSR count). The summed E-state index contributed by atoms with van der Waals surface area (Å²) in [6.07, 6.45) is 0. The van der Waals surface area contributed by atoms with Crippen molar-refractivity contribution in [3.8, 4) is 16.9 Å². The summed E-state index contributed by atoms with van der Waals surface area (Å²) in [5.74, 6) is -0.626. The molecule has 0 bridgehead atoms. The summed E-state index contributed by atoms with van der Waals surface area (Å²) in [6.45, 7) is 4.11. The minimum Gasteiger partial charge on any atom is -0.340 e. The van der Waals surface area contributed by atoms with Gasteiger partial charge in [0.25, 0.3) is 5.91 Å². The van der Waals surface area contributed by atoms with E-state index < -0.39 is 0 Å². The maximum Gasteiger partial charge on any atom is 0.270 e. The second-order valence-corrected chi connectivity index (χ2v) is 8.83. The minimum atomic E-state index is -0.348. The molecule has 0 atom stereocenters. The summed E-state index contributed by atoms with van der Waals surface area (Å²) < 4.78 is 15.2.